The van der Waals surface area contributed by atoms with Crippen molar-refractivity contribution in [1.29, 1.82) is 0 Å². The van der Waals surface area contributed by atoms with Crippen LogP contribution in [-0.2, 0) is 6.54 Å². The molecule has 0 unspecified atom stereocenters. The van der Waals surface area contributed by atoms with Crippen molar-refractivity contribution in [3.63, 3.8) is 0 Å². The van der Waals surface area contributed by atoms with Crippen LogP contribution in [0.1, 0.15) is 22.3 Å². The molecule has 0 amide bonds. The van der Waals surface area contributed by atoms with Crippen molar-refractivity contribution in [3.05, 3.63) is 69.0 Å². The number of hydrogen-bond donors (Lipinski definition) is 0. The largest absolute Gasteiger partial charge is 0.326 e. The summed E-state index contributed by atoms with van der Waals surface area (Å²) in [6.07, 6.45) is 1.68. The van der Waals surface area contributed by atoms with Crippen molar-refractivity contribution in [2.24, 2.45) is 0 Å². The number of nitro benzene ring substituents is 1. The van der Waals surface area contributed by atoms with Gasteiger partial charge in [-0.1, -0.05) is 29.8 Å². The summed E-state index contributed by atoms with van der Waals surface area (Å²) in [5.74, 6) is 0. The Morgan fingerprint density at radius 2 is 2.00 bits per heavy atom. The fourth-order valence-electron chi connectivity index (χ4n) is 2.76. The zero-order chi connectivity index (χ0) is 15.9. The summed E-state index contributed by atoms with van der Waals surface area (Å²) < 4.78 is 1.96. The molecule has 2 aromatic carbocycles. The molecule has 5 heteroatoms. The fraction of sp³-hybridized carbons (Fsp3) is 0.235. The summed E-state index contributed by atoms with van der Waals surface area (Å²) in [6.45, 7) is 6.37. The molecule has 0 bridgehead atoms. The zero-order valence-electron chi connectivity index (χ0n) is 12.8. The lowest BCUT2D eigenvalue weighted by Crippen LogP contribution is -2.00. The van der Waals surface area contributed by atoms with Crippen molar-refractivity contribution in [3.8, 4) is 0 Å². The second-order valence-electron chi connectivity index (χ2n) is 5.65. The number of imidazole rings is 1. The summed E-state index contributed by atoms with van der Waals surface area (Å²) in [5, 5.41) is 11.4. The number of benzene rings is 2. The highest BCUT2D eigenvalue weighted by molar-refractivity contribution is 5.87. The Morgan fingerprint density at radius 3 is 2.68 bits per heavy atom. The zero-order valence-corrected chi connectivity index (χ0v) is 12.8. The first kappa shape index (κ1) is 14.3. The molecule has 1 aromatic heterocycles. The number of aryl methyl sites for hydroxylation is 2. The molecule has 3 rings (SSSR count). The Kier molecular flexibility index (Phi) is 3.41. The fourth-order valence-corrected chi connectivity index (χ4v) is 2.76. The van der Waals surface area contributed by atoms with Gasteiger partial charge in [0.2, 0.25) is 0 Å². The molecule has 1 heterocycles. The number of hydrogen-bond acceptors (Lipinski definition) is 3. The van der Waals surface area contributed by atoms with Crippen LogP contribution < -0.4 is 0 Å². The molecular weight excluding hydrogens is 278 g/mol. The molecule has 0 aliphatic carbocycles. The standard InChI is InChI=1S/C17H17N3O2/c1-11-5-4-6-14(7-11)9-19-10-18-16-15(19)8-12(2)13(3)17(16)20(21)22/h4-8,10H,9H2,1-3H3. The van der Waals surface area contributed by atoms with Gasteiger partial charge >= 0.3 is 0 Å². The van der Waals surface area contributed by atoms with Gasteiger partial charge < -0.3 is 4.57 Å². The molecule has 5 nitrogen and oxygen atoms in total. The summed E-state index contributed by atoms with van der Waals surface area (Å²) in [7, 11) is 0. The summed E-state index contributed by atoms with van der Waals surface area (Å²) in [4.78, 5) is 15.3. The van der Waals surface area contributed by atoms with E-state index in [1.54, 1.807) is 13.3 Å². The van der Waals surface area contributed by atoms with Crippen LogP contribution in [0.2, 0.25) is 0 Å². The number of aromatic nitrogens is 2. The van der Waals surface area contributed by atoms with Gasteiger partial charge in [0, 0.05) is 12.1 Å². The van der Waals surface area contributed by atoms with Crippen LogP contribution in [0.25, 0.3) is 11.0 Å². The van der Waals surface area contributed by atoms with Gasteiger partial charge in [0.25, 0.3) is 5.69 Å². The van der Waals surface area contributed by atoms with E-state index in [-0.39, 0.29) is 10.6 Å². The average Bonchev–Trinajstić information content (AvgIpc) is 2.82. The van der Waals surface area contributed by atoms with Crippen LogP contribution in [0.3, 0.4) is 0 Å². The number of nitrogens with zero attached hydrogens (tertiary/aromatic N) is 3. The second-order valence-corrected chi connectivity index (χ2v) is 5.65. The highest BCUT2D eigenvalue weighted by atomic mass is 16.6. The van der Waals surface area contributed by atoms with Crippen molar-refractivity contribution in [2.45, 2.75) is 27.3 Å². The molecule has 0 fully saturated rings. The van der Waals surface area contributed by atoms with Crippen LogP contribution in [-0.4, -0.2) is 14.5 Å². The van der Waals surface area contributed by atoms with Gasteiger partial charge in [-0.15, -0.1) is 0 Å². The Bertz CT molecular complexity index is 881. The highest BCUT2D eigenvalue weighted by Gasteiger charge is 2.21. The number of rotatable bonds is 3. The Morgan fingerprint density at radius 1 is 1.23 bits per heavy atom. The van der Waals surface area contributed by atoms with Gasteiger partial charge in [-0.3, -0.25) is 10.1 Å². The first-order valence-electron chi connectivity index (χ1n) is 7.12. The first-order chi connectivity index (χ1) is 10.5. The lowest BCUT2D eigenvalue weighted by Gasteiger charge is -2.07. The van der Waals surface area contributed by atoms with E-state index in [4.69, 9.17) is 0 Å². The number of fused-ring (bicyclic) bond motifs is 1. The third-order valence-corrected chi connectivity index (χ3v) is 4.02. The lowest BCUT2D eigenvalue weighted by atomic mass is 10.1. The van der Waals surface area contributed by atoms with Crippen LogP contribution in [0.15, 0.2) is 36.7 Å². The average molecular weight is 295 g/mol. The SMILES string of the molecule is Cc1cccc(Cn2cnc3c([N+](=O)[O-])c(C)c(C)cc32)c1. The van der Waals surface area contributed by atoms with E-state index in [1.165, 1.54) is 5.56 Å². The summed E-state index contributed by atoms with van der Waals surface area (Å²) in [5.41, 5.74) is 5.30. The Labute approximate surface area is 128 Å². The van der Waals surface area contributed by atoms with Crippen molar-refractivity contribution < 1.29 is 4.92 Å². The predicted molar refractivity (Wildman–Crippen MR) is 86.1 cm³/mol. The minimum atomic E-state index is -0.339. The molecule has 0 saturated heterocycles. The van der Waals surface area contributed by atoms with E-state index in [9.17, 15) is 10.1 Å². The quantitative estimate of drug-likeness (QED) is 0.543. The van der Waals surface area contributed by atoms with E-state index in [1.807, 2.05) is 42.7 Å². The minimum Gasteiger partial charge on any atom is -0.326 e. The van der Waals surface area contributed by atoms with Crippen molar-refractivity contribution in [2.75, 3.05) is 0 Å². The minimum absolute atomic E-state index is 0.109. The molecular formula is C17H17N3O2. The summed E-state index contributed by atoms with van der Waals surface area (Å²) in [6, 6.07) is 10.2. The van der Waals surface area contributed by atoms with Gasteiger partial charge in [-0.05, 0) is 38.0 Å². The Balaban J connectivity index is 2.15. The molecule has 0 spiro atoms. The third kappa shape index (κ3) is 2.35. The van der Waals surface area contributed by atoms with Crippen LogP contribution in [0.4, 0.5) is 5.69 Å². The second kappa shape index (κ2) is 5.26. The van der Waals surface area contributed by atoms with Crippen molar-refractivity contribution >= 4 is 16.7 Å². The van der Waals surface area contributed by atoms with Gasteiger partial charge in [-0.25, -0.2) is 4.98 Å². The maximum absolute atomic E-state index is 11.4. The molecule has 0 atom stereocenters. The molecule has 0 radical (unpaired) electrons. The molecule has 0 aliphatic heterocycles. The number of nitro groups is 1. The molecule has 112 valence electrons. The molecule has 22 heavy (non-hydrogen) atoms. The summed E-state index contributed by atoms with van der Waals surface area (Å²) >= 11 is 0. The smallest absolute Gasteiger partial charge is 0.300 e. The highest BCUT2D eigenvalue weighted by Crippen LogP contribution is 2.31. The van der Waals surface area contributed by atoms with Gasteiger partial charge in [0.15, 0.2) is 5.52 Å². The van der Waals surface area contributed by atoms with E-state index in [0.29, 0.717) is 17.6 Å². The maximum Gasteiger partial charge on any atom is 0.300 e. The van der Waals surface area contributed by atoms with Gasteiger partial charge in [0.1, 0.15) is 0 Å². The van der Waals surface area contributed by atoms with E-state index in [0.717, 1.165) is 16.6 Å². The molecule has 0 aliphatic rings. The van der Waals surface area contributed by atoms with E-state index in [2.05, 4.69) is 11.1 Å². The molecule has 0 saturated carbocycles. The van der Waals surface area contributed by atoms with E-state index >= 15 is 0 Å². The van der Waals surface area contributed by atoms with Crippen LogP contribution >= 0.6 is 0 Å². The molecule has 0 N–H and O–H groups in total. The third-order valence-electron chi connectivity index (χ3n) is 4.02. The normalized spacial score (nSPS) is 11.0. The topological polar surface area (TPSA) is 61.0 Å². The molecule has 3 aromatic rings. The Hall–Kier alpha value is -2.69. The van der Waals surface area contributed by atoms with Crippen LogP contribution in [0.5, 0.6) is 0 Å². The van der Waals surface area contributed by atoms with Crippen molar-refractivity contribution in [1.82, 2.24) is 9.55 Å². The van der Waals surface area contributed by atoms with E-state index < -0.39 is 0 Å². The lowest BCUT2D eigenvalue weighted by molar-refractivity contribution is -0.383. The first-order valence-corrected chi connectivity index (χ1v) is 7.12. The maximum atomic E-state index is 11.4. The van der Waals surface area contributed by atoms with Crippen LogP contribution in [0, 0.1) is 30.9 Å². The van der Waals surface area contributed by atoms with Gasteiger partial charge in [0.05, 0.1) is 16.8 Å². The monoisotopic (exact) mass is 295 g/mol. The van der Waals surface area contributed by atoms with Gasteiger partial charge in [-0.2, -0.15) is 0 Å². The predicted octanol–water partition coefficient (Wildman–Crippen LogP) is 3.92.